The predicted octanol–water partition coefficient (Wildman–Crippen LogP) is 0.840. The molecule has 0 saturated heterocycles. The van der Waals surface area contributed by atoms with E-state index in [1.807, 2.05) is 0 Å². The van der Waals surface area contributed by atoms with Gasteiger partial charge in [0.25, 0.3) is 0 Å². The number of hydrogen-bond donors (Lipinski definition) is 0. The van der Waals surface area contributed by atoms with Gasteiger partial charge in [-0.05, 0) is 6.08 Å². The van der Waals surface area contributed by atoms with Gasteiger partial charge in [0.2, 0.25) is 0 Å². The third kappa shape index (κ3) is 0.134. The average molecular weight is 80.1 g/mol. The molecule has 0 bridgehead atoms. The van der Waals surface area contributed by atoms with E-state index >= 15 is 0 Å². The van der Waals surface area contributed by atoms with Crippen LogP contribution >= 0.6 is 0 Å². The third-order valence-corrected chi connectivity index (χ3v) is 1.07. The van der Waals surface area contributed by atoms with Crippen molar-refractivity contribution in [1.29, 1.82) is 0 Å². The summed E-state index contributed by atoms with van der Waals surface area (Å²) in [6.45, 7) is 0.829. The van der Waals surface area contributed by atoms with Crippen molar-refractivity contribution in [1.82, 2.24) is 0 Å². The first kappa shape index (κ1) is 2.45. The largest absolute Gasteiger partial charge is 0.496 e. The maximum absolute atomic E-state index is 4.88. The summed E-state index contributed by atoms with van der Waals surface area (Å²) in [5.41, 5.74) is 2.70. The zero-order chi connectivity index (χ0) is 3.98. The van der Waals surface area contributed by atoms with Crippen molar-refractivity contribution in [2.45, 2.75) is 0 Å². The Morgan fingerprint density at radius 2 is 2.67 bits per heavy atom. The molecule has 0 aromatic heterocycles. The van der Waals surface area contributed by atoms with Crippen LogP contribution in [0.15, 0.2) is 23.5 Å². The van der Waals surface area contributed by atoms with Gasteiger partial charge in [0.15, 0.2) is 0 Å². The first-order valence-electron chi connectivity index (χ1n) is 1.99. The van der Waals surface area contributed by atoms with E-state index in [9.17, 15) is 0 Å². The highest BCUT2D eigenvalue weighted by Crippen LogP contribution is 2.32. The Hall–Kier alpha value is -0.720. The maximum Gasteiger partial charge on any atom is 0.113 e. The molecule has 2 rings (SSSR count). The van der Waals surface area contributed by atoms with Gasteiger partial charge in [0, 0.05) is 11.1 Å². The Morgan fingerprint density at radius 3 is 2.83 bits per heavy atom. The molecular weight excluding hydrogens is 76.1 g/mol. The summed E-state index contributed by atoms with van der Waals surface area (Å²) in [4.78, 5) is 0. The van der Waals surface area contributed by atoms with Crippen molar-refractivity contribution in [3.05, 3.63) is 23.5 Å². The van der Waals surface area contributed by atoms with Crippen molar-refractivity contribution < 1.29 is 4.74 Å². The van der Waals surface area contributed by atoms with Crippen LogP contribution < -0.4 is 0 Å². The van der Waals surface area contributed by atoms with E-state index in [0.29, 0.717) is 0 Å². The minimum absolute atomic E-state index is 0.829. The highest BCUT2D eigenvalue weighted by atomic mass is 16.5. The number of hydrogen-bond acceptors (Lipinski definition) is 1. The van der Waals surface area contributed by atoms with Crippen LogP contribution in [0.3, 0.4) is 0 Å². The lowest BCUT2D eigenvalue weighted by Crippen LogP contribution is -1.72. The van der Waals surface area contributed by atoms with Crippen LogP contribution in [-0.4, -0.2) is 6.61 Å². The molecule has 0 unspecified atom stereocenters. The smallest absolute Gasteiger partial charge is 0.113 e. The molecule has 6 heavy (non-hydrogen) atoms. The van der Waals surface area contributed by atoms with Gasteiger partial charge in [0.05, 0.1) is 6.26 Å². The van der Waals surface area contributed by atoms with Crippen molar-refractivity contribution in [2.24, 2.45) is 0 Å². The van der Waals surface area contributed by atoms with E-state index < -0.39 is 0 Å². The molecule has 0 radical (unpaired) electrons. The van der Waals surface area contributed by atoms with Crippen LogP contribution in [-0.2, 0) is 4.74 Å². The van der Waals surface area contributed by atoms with Crippen LogP contribution in [0.25, 0.3) is 0 Å². The summed E-state index contributed by atoms with van der Waals surface area (Å²) >= 11 is 0. The van der Waals surface area contributed by atoms with Crippen molar-refractivity contribution >= 4 is 0 Å². The quantitative estimate of drug-likeness (QED) is 0.419. The van der Waals surface area contributed by atoms with E-state index in [2.05, 4.69) is 6.08 Å². The Balaban J connectivity index is 2.46. The molecule has 1 heteroatoms. The summed E-state index contributed by atoms with van der Waals surface area (Å²) in [5.74, 6) is 0. The molecule has 1 nitrogen and oxygen atoms in total. The number of allylic oxidation sites excluding steroid dienone is 1. The van der Waals surface area contributed by atoms with E-state index in [-0.39, 0.29) is 0 Å². The van der Waals surface area contributed by atoms with E-state index in [4.69, 9.17) is 4.74 Å². The Labute approximate surface area is 35.9 Å². The van der Waals surface area contributed by atoms with Crippen LogP contribution in [0.1, 0.15) is 0 Å². The minimum Gasteiger partial charge on any atom is -0.496 e. The van der Waals surface area contributed by atoms with Crippen LogP contribution in [0.5, 0.6) is 0 Å². The molecule has 2 aliphatic rings. The molecule has 0 aromatic rings. The first-order chi connectivity index (χ1) is 2.97. The van der Waals surface area contributed by atoms with Gasteiger partial charge >= 0.3 is 0 Å². The van der Waals surface area contributed by atoms with Gasteiger partial charge in [-0.15, -0.1) is 0 Å². The van der Waals surface area contributed by atoms with Gasteiger partial charge in [-0.2, -0.15) is 0 Å². The second kappa shape index (κ2) is 0.535. The van der Waals surface area contributed by atoms with Crippen LogP contribution in [0, 0.1) is 0 Å². The summed E-state index contributed by atoms with van der Waals surface area (Å²) in [6, 6.07) is 0. The van der Waals surface area contributed by atoms with Crippen LogP contribution in [0.2, 0.25) is 0 Å². The molecule has 1 aliphatic heterocycles. The fourth-order valence-corrected chi connectivity index (χ4v) is 0.608. The SMILES string of the molecule is C1=C2C=C2CO1. The fraction of sp³-hybridized carbons (Fsp3) is 0.200. The molecule has 30 valence electrons. The zero-order valence-electron chi connectivity index (χ0n) is 3.27. The number of fused-ring (bicyclic) bond motifs is 1. The monoisotopic (exact) mass is 80.0 g/mol. The lowest BCUT2D eigenvalue weighted by atomic mass is 10.5. The number of rotatable bonds is 0. The van der Waals surface area contributed by atoms with Gasteiger partial charge in [-0.3, -0.25) is 0 Å². The molecule has 1 aliphatic carbocycles. The lowest BCUT2D eigenvalue weighted by Gasteiger charge is -1.81. The normalized spacial score (nSPS) is 24.0. The zero-order valence-corrected chi connectivity index (χ0v) is 3.27. The Kier molecular flexibility index (Phi) is 0.219. The second-order valence-electron chi connectivity index (χ2n) is 1.55. The highest BCUT2D eigenvalue weighted by Gasteiger charge is 2.21. The molecular formula is C5H4O. The summed E-state index contributed by atoms with van der Waals surface area (Å²) < 4.78 is 4.88. The highest BCUT2D eigenvalue weighted by molar-refractivity contribution is 5.58. The first-order valence-corrected chi connectivity index (χ1v) is 1.99. The van der Waals surface area contributed by atoms with Gasteiger partial charge < -0.3 is 4.74 Å². The van der Waals surface area contributed by atoms with Gasteiger partial charge in [-0.1, -0.05) is 0 Å². The lowest BCUT2D eigenvalue weighted by molar-refractivity contribution is 0.300. The Bertz CT molecular complexity index is 139. The Morgan fingerprint density at radius 1 is 1.67 bits per heavy atom. The molecule has 0 saturated carbocycles. The summed E-state index contributed by atoms with van der Waals surface area (Å²) in [5, 5.41) is 0. The van der Waals surface area contributed by atoms with Crippen molar-refractivity contribution in [3.63, 3.8) is 0 Å². The number of ether oxygens (including phenoxy) is 1. The molecule has 1 heterocycles. The fourth-order valence-electron chi connectivity index (χ4n) is 0.608. The standard InChI is InChI=1S/C5H4O/c1-4-2-6-3-5(1)4/h1-2H,3H2. The van der Waals surface area contributed by atoms with E-state index in [1.54, 1.807) is 6.26 Å². The summed E-state index contributed by atoms with van der Waals surface area (Å²) in [6.07, 6.45) is 3.93. The predicted molar refractivity (Wildman–Crippen MR) is 22.1 cm³/mol. The van der Waals surface area contributed by atoms with Crippen molar-refractivity contribution in [2.75, 3.05) is 6.61 Å². The third-order valence-electron chi connectivity index (χ3n) is 1.07. The molecule has 0 amide bonds. The van der Waals surface area contributed by atoms with E-state index in [1.165, 1.54) is 11.1 Å². The maximum atomic E-state index is 4.88. The molecule has 0 fully saturated rings. The van der Waals surface area contributed by atoms with Gasteiger partial charge in [0.1, 0.15) is 6.61 Å². The molecule has 0 atom stereocenters. The van der Waals surface area contributed by atoms with Crippen LogP contribution in [0.4, 0.5) is 0 Å². The second-order valence-corrected chi connectivity index (χ2v) is 1.55. The van der Waals surface area contributed by atoms with Crippen molar-refractivity contribution in [3.8, 4) is 0 Å². The average Bonchev–Trinajstić information content (AvgIpc) is 2.17. The minimum atomic E-state index is 0.829. The molecule has 0 aromatic carbocycles. The molecule has 0 N–H and O–H groups in total. The topological polar surface area (TPSA) is 9.23 Å². The summed E-state index contributed by atoms with van der Waals surface area (Å²) in [7, 11) is 0. The molecule has 0 spiro atoms. The van der Waals surface area contributed by atoms with Gasteiger partial charge in [-0.25, -0.2) is 0 Å². The van der Waals surface area contributed by atoms with E-state index in [0.717, 1.165) is 6.61 Å².